The summed E-state index contributed by atoms with van der Waals surface area (Å²) < 4.78 is 18.9. The van der Waals surface area contributed by atoms with Crippen LogP contribution in [0.1, 0.15) is 44.9 Å². The number of aromatic amines is 1. The predicted molar refractivity (Wildman–Crippen MR) is 173 cm³/mol. The standard InChI is InChI=1S/C35H33N3O5S/c1-6-42-34(40)30-21(4)36-35-38(32(30)23-12-14-24(15-13-23)43-20(2)3)33(39)29(44-35)19-27-26-18-25(41-5)16-17-28(26)37-31(27)22-10-8-7-9-11-22/h7-20,32,37H,6H2,1-5H3/b29-19-/t32-/m0/s1. The maximum Gasteiger partial charge on any atom is 0.338 e. The first-order valence-corrected chi connectivity index (χ1v) is 15.3. The number of methoxy groups -OCH3 is 1. The van der Waals surface area contributed by atoms with E-state index in [4.69, 9.17) is 19.2 Å². The van der Waals surface area contributed by atoms with Gasteiger partial charge in [0.05, 0.1) is 47.4 Å². The van der Waals surface area contributed by atoms with Crippen LogP contribution in [0.2, 0.25) is 0 Å². The Hall–Kier alpha value is -4.89. The number of nitrogens with zero attached hydrogens (tertiary/aromatic N) is 2. The van der Waals surface area contributed by atoms with Crippen molar-refractivity contribution in [1.82, 2.24) is 9.55 Å². The predicted octanol–water partition coefficient (Wildman–Crippen LogP) is 5.74. The Kier molecular flexibility index (Phi) is 7.97. The van der Waals surface area contributed by atoms with E-state index < -0.39 is 12.0 Å². The topological polar surface area (TPSA) is 94.9 Å². The van der Waals surface area contributed by atoms with Gasteiger partial charge >= 0.3 is 5.97 Å². The number of allylic oxidation sites excluding steroid dienone is 1. The van der Waals surface area contributed by atoms with Gasteiger partial charge in [-0.3, -0.25) is 9.36 Å². The number of fused-ring (bicyclic) bond motifs is 2. The van der Waals surface area contributed by atoms with Gasteiger partial charge in [-0.05, 0) is 75.2 Å². The smallest absolute Gasteiger partial charge is 0.338 e. The molecule has 44 heavy (non-hydrogen) atoms. The first-order chi connectivity index (χ1) is 21.3. The van der Waals surface area contributed by atoms with Crippen LogP contribution in [0.25, 0.3) is 28.2 Å². The van der Waals surface area contributed by atoms with Crippen molar-refractivity contribution in [2.45, 2.75) is 39.8 Å². The summed E-state index contributed by atoms with van der Waals surface area (Å²) >= 11 is 1.30. The van der Waals surface area contributed by atoms with Crippen molar-refractivity contribution in [3.8, 4) is 22.8 Å². The number of carbonyl (C=O) groups is 1. The molecular formula is C35H33N3O5S. The van der Waals surface area contributed by atoms with E-state index in [1.165, 1.54) is 11.3 Å². The molecule has 0 amide bonds. The number of aromatic nitrogens is 2. The molecule has 0 spiro atoms. The van der Waals surface area contributed by atoms with Gasteiger partial charge < -0.3 is 19.2 Å². The zero-order valence-electron chi connectivity index (χ0n) is 25.2. The monoisotopic (exact) mass is 607 g/mol. The quantitative estimate of drug-likeness (QED) is 0.227. The highest BCUT2D eigenvalue weighted by atomic mass is 32.1. The van der Waals surface area contributed by atoms with E-state index in [9.17, 15) is 9.59 Å². The highest BCUT2D eigenvalue weighted by Crippen LogP contribution is 2.34. The van der Waals surface area contributed by atoms with Crippen LogP contribution < -0.4 is 24.4 Å². The Morgan fingerprint density at radius 2 is 1.80 bits per heavy atom. The lowest BCUT2D eigenvalue weighted by atomic mass is 9.96. The molecule has 0 saturated carbocycles. The molecule has 0 bridgehead atoms. The maximum atomic E-state index is 14.3. The number of rotatable bonds is 8. The number of carbonyl (C=O) groups excluding carboxylic acids is 1. The molecule has 9 heteroatoms. The van der Waals surface area contributed by atoms with Gasteiger partial charge in [-0.1, -0.05) is 53.8 Å². The number of benzene rings is 3. The molecule has 0 radical (unpaired) electrons. The van der Waals surface area contributed by atoms with Crippen molar-refractivity contribution in [3.05, 3.63) is 115 Å². The van der Waals surface area contributed by atoms with Crippen molar-refractivity contribution in [2.75, 3.05) is 13.7 Å². The summed E-state index contributed by atoms with van der Waals surface area (Å²) in [5.74, 6) is 0.926. The Morgan fingerprint density at radius 3 is 2.48 bits per heavy atom. The summed E-state index contributed by atoms with van der Waals surface area (Å²) in [6, 6.07) is 22.6. The summed E-state index contributed by atoms with van der Waals surface area (Å²) in [5.41, 5.74) is 5.04. The average molecular weight is 608 g/mol. The fourth-order valence-electron chi connectivity index (χ4n) is 5.54. The van der Waals surface area contributed by atoms with Crippen molar-refractivity contribution < 1.29 is 19.0 Å². The van der Waals surface area contributed by atoms with Gasteiger partial charge in [-0.25, -0.2) is 9.79 Å². The van der Waals surface area contributed by atoms with E-state index in [-0.39, 0.29) is 18.3 Å². The fraction of sp³-hybridized carbons (Fsp3) is 0.229. The van der Waals surface area contributed by atoms with Crippen LogP contribution in [-0.2, 0) is 9.53 Å². The number of hydrogen-bond acceptors (Lipinski definition) is 7. The van der Waals surface area contributed by atoms with Crippen LogP contribution in [0.4, 0.5) is 0 Å². The van der Waals surface area contributed by atoms with E-state index in [0.717, 1.165) is 33.3 Å². The number of nitrogens with one attached hydrogen (secondary N) is 1. The minimum atomic E-state index is -0.711. The molecule has 6 rings (SSSR count). The van der Waals surface area contributed by atoms with Crippen molar-refractivity contribution in [2.24, 2.45) is 4.99 Å². The van der Waals surface area contributed by atoms with Gasteiger partial charge in [0, 0.05) is 16.5 Å². The summed E-state index contributed by atoms with van der Waals surface area (Å²) in [5, 5.41) is 0.926. The molecule has 5 aromatic rings. The van der Waals surface area contributed by atoms with Crippen LogP contribution in [-0.4, -0.2) is 35.3 Å². The Bertz CT molecular complexity index is 2070. The maximum absolute atomic E-state index is 14.3. The third-order valence-corrected chi connectivity index (χ3v) is 8.45. The number of thiazole rings is 1. The second-order valence-electron chi connectivity index (χ2n) is 10.7. The van der Waals surface area contributed by atoms with Crippen LogP contribution in [0.15, 0.2) is 93.9 Å². The molecule has 1 N–H and O–H groups in total. The third-order valence-electron chi connectivity index (χ3n) is 7.47. The van der Waals surface area contributed by atoms with E-state index in [2.05, 4.69) is 4.98 Å². The van der Waals surface area contributed by atoms with Gasteiger partial charge in [0.25, 0.3) is 5.56 Å². The molecule has 224 valence electrons. The Morgan fingerprint density at radius 1 is 1.07 bits per heavy atom. The van der Waals surface area contributed by atoms with E-state index in [0.29, 0.717) is 32.1 Å². The van der Waals surface area contributed by atoms with Crippen molar-refractivity contribution >= 4 is 34.3 Å². The molecule has 0 saturated heterocycles. The number of hydrogen-bond donors (Lipinski definition) is 1. The summed E-state index contributed by atoms with van der Waals surface area (Å²) in [6.07, 6.45) is 1.92. The molecule has 1 aliphatic heterocycles. The SMILES string of the molecule is CCOC(=O)C1=C(C)N=c2s/c(=C\c3c(-c4ccccc4)[nH]c4ccc(OC)cc34)c(=O)n2[C@H]1c1ccc(OC(C)C)cc1. The molecule has 0 aliphatic carbocycles. The number of H-pyrrole nitrogens is 1. The molecule has 8 nitrogen and oxygen atoms in total. The largest absolute Gasteiger partial charge is 0.497 e. The Balaban J connectivity index is 1.58. The molecule has 2 aromatic heterocycles. The molecule has 3 heterocycles. The minimum absolute atomic E-state index is 0.0148. The normalized spacial score (nSPS) is 15.0. The van der Waals surface area contributed by atoms with Crippen molar-refractivity contribution in [3.63, 3.8) is 0 Å². The van der Waals surface area contributed by atoms with Gasteiger partial charge in [0.2, 0.25) is 0 Å². The second kappa shape index (κ2) is 12.0. The first-order valence-electron chi connectivity index (χ1n) is 14.5. The zero-order valence-corrected chi connectivity index (χ0v) is 26.0. The molecule has 1 aliphatic rings. The van der Waals surface area contributed by atoms with Crippen molar-refractivity contribution in [1.29, 1.82) is 0 Å². The van der Waals surface area contributed by atoms with Crippen LogP contribution >= 0.6 is 11.3 Å². The van der Waals surface area contributed by atoms with Gasteiger partial charge in [-0.2, -0.15) is 0 Å². The lowest BCUT2D eigenvalue weighted by Gasteiger charge is -2.25. The van der Waals surface area contributed by atoms with E-state index in [1.807, 2.05) is 92.7 Å². The lowest BCUT2D eigenvalue weighted by molar-refractivity contribution is -0.139. The number of ether oxygens (including phenoxy) is 3. The molecule has 3 aromatic carbocycles. The Labute approximate surface area is 258 Å². The zero-order chi connectivity index (χ0) is 31.0. The minimum Gasteiger partial charge on any atom is -0.497 e. The molecule has 1 atom stereocenters. The molecular weight excluding hydrogens is 574 g/mol. The number of esters is 1. The summed E-state index contributed by atoms with van der Waals surface area (Å²) in [4.78, 5) is 36.4. The first kappa shape index (κ1) is 29.2. The summed E-state index contributed by atoms with van der Waals surface area (Å²) in [7, 11) is 1.63. The molecule has 0 fully saturated rings. The average Bonchev–Trinajstić information content (AvgIpc) is 3.53. The van der Waals surface area contributed by atoms with Crippen LogP contribution in [0.5, 0.6) is 11.5 Å². The lowest BCUT2D eigenvalue weighted by Crippen LogP contribution is -2.39. The van der Waals surface area contributed by atoms with E-state index in [1.54, 1.807) is 25.5 Å². The highest BCUT2D eigenvalue weighted by molar-refractivity contribution is 7.07. The molecule has 0 unspecified atom stereocenters. The van der Waals surface area contributed by atoms with Gasteiger partial charge in [-0.15, -0.1) is 0 Å². The van der Waals surface area contributed by atoms with Crippen LogP contribution in [0.3, 0.4) is 0 Å². The highest BCUT2D eigenvalue weighted by Gasteiger charge is 2.33. The fourth-order valence-corrected chi connectivity index (χ4v) is 6.57. The third kappa shape index (κ3) is 5.35. The van der Waals surface area contributed by atoms with Gasteiger partial charge in [0.1, 0.15) is 11.5 Å². The second-order valence-corrected chi connectivity index (χ2v) is 11.7. The van der Waals surface area contributed by atoms with Gasteiger partial charge in [0.15, 0.2) is 4.80 Å². The van der Waals surface area contributed by atoms with E-state index >= 15 is 0 Å². The van der Waals surface area contributed by atoms with Crippen LogP contribution in [0, 0.1) is 0 Å². The summed E-state index contributed by atoms with van der Waals surface area (Å²) in [6.45, 7) is 7.68.